The molecule has 1 N–H and O–H groups in total. The third-order valence-corrected chi connectivity index (χ3v) is 4.93. The van der Waals surface area contributed by atoms with Crippen molar-refractivity contribution in [2.24, 2.45) is 0 Å². The highest BCUT2D eigenvalue weighted by Gasteiger charge is 2.19. The molecule has 0 unspecified atom stereocenters. The number of hydrogen-bond acceptors (Lipinski definition) is 3. The molecule has 1 heterocycles. The molecule has 0 aliphatic rings. The zero-order valence-electron chi connectivity index (χ0n) is 16.1. The molecule has 6 heteroatoms. The van der Waals surface area contributed by atoms with Crippen molar-refractivity contribution < 1.29 is 4.79 Å². The van der Waals surface area contributed by atoms with E-state index in [1.54, 1.807) is 28.9 Å². The first-order valence-electron chi connectivity index (χ1n) is 9.18. The number of carbonyl (C=O) groups excluding carboxylic acids is 1. The number of aryl methyl sites for hydroxylation is 2. The van der Waals surface area contributed by atoms with Gasteiger partial charge in [-0.3, -0.25) is 4.79 Å². The number of amides is 1. The van der Waals surface area contributed by atoms with Crippen molar-refractivity contribution in [2.45, 2.75) is 13.8 Å². The van der Waals surface area contributed by atoms with E-state index in [1.807, 2.05) is 55.5 Å². The number of carbonyl (C=O) groups is 1. The van der Waals surface area contributed by atoms with Crippen molar-refractivity contribution in [3.63, 3.8) is 0 Å². The molecule has 0 spiro atoms. The fraction of sp³-hybridized carbons (Fsp3) is 0.0870. The van der Waals surface area contributed by atoms with E-state index in [4.69, 9.17) is 11.6 Å². The van der Waals surface area contributed by atoms with Crippen molar-refractivity contribution in [1.82, 2.24) is 14.8 Å². The summed E-state index contributed by atoms with van der Waals surface area (Å²) in [6.45, 7) is 4.11. The molecular weight excluding hydrogens is 384 g/mol. The Balaban J connectivity index is 1.75. The zero-order chi connectivity index (χ0) is 20.4. The summed E-state index contributed by atoms with van der Waals surface area (Å²) >= 11 is 5.91. The van der Waals surface area contributed by atoms with Crippen molar-refractivity contribution in [3.05, 3.63) is 94.8 Å². The normalized spacial score (nSPS) is 10.7. The van der Waals surface area contributed by atoms with Crippen molar-refractivity contribution in [1.29, 1.82) is 0 Å². The number of benzene rings is 3. The number of halogens is 1. The van der Waals surface area contributed by atoms with Crippen LogP contribution in [0, 0.1) is 13.8 Å². The van der Waals surface area contributed by atoms with Crippen LogP contribution in [-0.4, -0.2) is 20.7 Å². The summed E-state index contributed by atoms with van der Waals surface area (Å²) in [6.07, 6.45) is 0. The summed E-state index contributed by atoms with van der Waals surface area (Å²) in [5.41, 5.74) is 4.69. The van der Waals surface area contributed by atoms with Crippen LogP contribution in [0.5, 0.6) is 0 Å². The van der Waals surface area contributed by atoms with Crippen LogP contribution in [0.4, 0.5) is 5.69 Å². The topological polar surface area (TPSA) is 59.8 Å². The smallest absolute Gasteiger partial charge is 0.295 e. The largest absolute Gasteiger partial charge is 0.319 e. The fourth-order valence-electron chi connectivity index (χ4n) is 2.94. The van der Waals surface area contributed by atoms with Crippen LogP contribution in [0.15, 0.2) is 72.8 Å². The molecule has 0 saturated carbocycles. The van der Waals surface area contributed by atoms with Crippen molar-refractivity contribution in [3.8, 4) is 17.1 Å². The van der Waals surface area contributed by atoms with Gasteiger partial charge in [0.1, 0.15) is 0 Å². The first kappa shape index (κ1) is 18.9. The maximum absolute atomic E-state index is 12.8. The molecule has 0 atom stereocenters. The minimum absolute atomic E-state index is 0.0945. The van der Waals surface area contributed by atoms with Crippen LogP contribution in [0.3, 0.4) is 0 Å². The van der Waals surface area contributed by atoms with Crippen LogP contribution in [0.2, 0.25) is 5.02 Å². The van der Waals surface area contributed by atoms with Gasteiger partial charge in [-0.25, -0.2) is 9.67 Å². The van der Waals surface area contributed by atoms with Crippen molar-refractivity contribution >= 4 is 23.2 Å². The Labute approximate surface area is 174 Å². The summed E-state index contributed by atoms with van der Waals surface area (Å²) in [5, 5.41) is 7.93. The lowest BCUT2D eigenvalue weighted by Crippen LogP contribution is -2.14. The molecule has 1 aromatic heterocycles. The van der Waals surface area contributed by atoms with E-state index in [0.717, 1.165) is 16.8 Å². The average molecular weight is 403 g/mol. The van der Waals surface area contributed by atoms with Crippen LogP contribution in [0.1, 0.15) is 21.7 Å². The predicted molar refractivity (Wildman–Crippen MR) is 116 cm³/mol. The van der Waals surface area contributed by atoms with E-state index in [0.29, 0.717) is 16.5 Å². The van der Waals surface area contributed by atoms with Crippen molar-refractivity contribution in [2.75, 3.05) is 5.32 Å². The molecule has 5 nitrogen and oxygen atoms in total. The molecule has 4 rings (SSSR count). The minimum atomic E-state index is -0.382. The molecule has 0 radical (unpaired) electrons. The first-order chi connectivity index (χ1) is 14.0. The van der Waals surface area contributed by atoms with E-state index >= 15 is 0 Å². The standard InChI is InChI=1S/C23H19ClN4O/c1-15-8-13-20(14-16(15)2)28-22(17-6-4-3-5-7-17)26-21(27-28)23(29)25-19-11-9-18(24)10-12-19/h3-14H,1-2H3,(H,25,29). The number of aromatic nitrogens is 3. The average Bonchev–Trinajstić information content (AvgIpc) is 3.18. The van der Waals surface area contributed by atoms with Crippen LogP contribution < -0.4 is 5.32 Å². The lowest BCUT2D eigenvalue weighted by atomic mass is 10.1. The Morgan fingerprint density at radius 2 is 1.66 bits per heavy atom. The zero-order valence-corrected chi connectivity index (χ0v) is 16.8. The van der Waals surface area contributed by atoms with Gasteiger partial charge >= 0.3 is 0 Å². The van der Waals surface area contributed by atoms with Gasteiger partial charge in [0.25, 0.3) is 5.91 Å². The lowest BCUT2D eigenvalue weighted by molar-refractivity contribution is 0.101. The quantitative estimate of drug-likeness (QED) is 0.493. The second-order valence-corrected chi connectivity index (χ2v) is 7.20. The third kappa shape index (κ3) is 4.05. The molecule has 1 amide bonds. The van der Waals surface area contributed by atoms with Gasteiger partial charge in [-0.05, 0) is 61.4 Å². The Morgan fingerprint density at radius 3 is 2.34 bits per heavy atom. The number of rotatable bonds is 4. The SMILES string of the molecule is Cc1ccc(-n2nc(C(=O)Nc3ccc(Cl)cc3)nc2-c2ccccc2)cc1C. The number of anilines is 1. The molecule has 0 bridgehead atoms. The van der Waals surface area contributed by atoms with Crippen LogP contribution >= 0.6 is 11.6 Å². The maximum Gasteiger partial charge on any atom is 0.295 e. The molecule has 0 aliphatic carbocycles. The summed E-state index contributed by atoms with van der Waals surface area (Å²) in [5.74, 6) is 0.319. The van der Waals surface area contributed by atoms with Gasteiger partial charge in [0.15, 0.2) is 5.82 Å². The van der Waals surface area contributed by atoms with Gasteiger partial charge in [0.2, 0.25) is 5.82 Å². The number of nitrogens with zero attached hydrogens (tertiary/aromatic N) is 3. The Hall–Kier alpha value is -3.44. The second kappa shape index (κ2) is 7.89. The molecule has 0 saturated heterocycles. The summed E-state index contributed by atoms with van der Waals surface area (Å²) in [4.78, 5) is 17.3. The first-order valence-corrected chi connectivity index (χ1v) is 9.56. The monoisotopic (exact) mass is 402 g/mol. The predicted octanol–water partition coefficient (Wildman–Crippen LogP) is 5.46. The minimum Gasteiger partial charge on any atom is -0.319 e. The summed E-state index contributed by atoms with van der Waals surface area (Å²) in [7, 11) is 0. The molecular formula is C23H19ClN4O. The Morgan fingerprint density at radius 1 is 0.931 bits per heavy atom. The number of hydrogen-bond donors (Lipinski definition) is 1. The van der Waals surface area contributed by atoms with E-state index in [1.165, 1.54) is 5.56 Å². The maximum atomic E-state index is 12.8. The Kier molecular flexibility index (Phi) is 5.14. The Bertz CT molecular complexity index is 1170. The highest BCUT2D eigenvalue weighted by molar-refractivity contribution is 6.30. The molecule has 4 aromatic rings. The molecule has 29 heavy (non-hydrogen) atoms. The van der Waals surface area contributed by atoms with E-state index in [9.17, 15) is 4.79 Å². The lowest BCUT2D eigenvalue weighted by Gasteiger charge is -2.08. The van der Waals surface area contributed by atoms with Gasteiger partial charge in [-0.15, -0.1) is 5.10 Å². The van der Waals surface area contributed by atoms with Gasteiger partial charge in [-0.2, -0.15) is 0 Å². The second-order valence-electron chi connectivity index (χ2n) is 6.77. The summed E-state index contributed by atoms with van der Waals surface area (Å²) < 4.78 is 1.71. The van der Waals surface area contributed by atoms with Gasteiger partial charge in [0, 0.05) is 16.3 Å². The molecule has 0 fully saturated rings. The molecule has 0 aliphatic heterocycles. The highest BCUT2D eigenvalue weighted by Crippen LogP contribution is 2.23. The van der Waals surface area contributed by atoms with Gasteiger partial charge in [-0.1, -0.05) is 48.0 Å². The molecule has 144 valence electrons. The van der Waals surface area contributed by atoms with Crippen LogP contribution in [0.25, 0.3) is 17.1 Å². The third-order valence-electron chi connectivity index (χ3n) is 4.68. The summed E-state index contributed by atoms with van der Waals surface area (Å²) in [6, 6.07) is 22.7. The van der Waals surface area contributed by atoms with Crippen LogP contribution in [-0.2, 0) is 0 Å². The van der Waals surface area contributed by atoms with Gasteiger partial charge < -0.3 is 5.32 Å². The highest BCUT2D eigenvalue weighted by atomic mass is 35.5. The fourth-order valence-corrected chi connectivity index (χ4v) is 3.07. The molecule has 3 aromatic carbocycles. The van der Waals surface area contributed by atoms with E-state index < -0.39 is 0 Å². The van der Waals surface area contributed by atoms with E-state index in [-0.39, 0.29) is 11.7 Å². The number of nitrogens with one attached hydrogen (secondary N) is 1. The van der Waals surface area contributed by atoms with E-state index in [2.05, 4.69) is 22.3 Å². The van der Waals surface area contributed by atoms with Gasteiger partial charge in [0.05, 0.1) is 5.69 Å².